The molecule has 100 valence electrons. The van der Waals surface area contributed by atoms with Gasteiger partial charge >= 0.3 is 0 Å². The Morgan fingerprint density at radius 3 is 2.58 bits per heavy atom. The molecule has 0 radical (unpaired) electrons. The monoisotopic (exact) mass is 438 g/mol. The highest BCUT2D eigenvalue weighted by molar-refractivity contribution is 14.1. The molecule has 0 saturated carbocycles. The van der Waals surface area contributed by atoms with Crippen LogP contribution in [-0.2, 0) is 6.42 Å². The quantitative estimate of drug-likeness (QED) is 0.694. The van der Waals surface area contributed by atoms with Crippen LogP contribution < -0.4 is 0 Å². The van der Waals surface area contributed by atoms with Crippen LogP contribution in [0.25, 0.3) is 0 Å². The number of rotatable bonds is 3. The van der Waals surface area contributed by atoms with E-state index in [1.54, 1.807) is 0 Å². The molecule has 0 aliphatic heterocycles. The van der Waals surface area contributed by atoms with Gasteiger partial charge in [0.15, 0.2) is 0 Å². The Balaban J connectivity index is 2.25. The Kier molecular flexibility index (Phi) is 4.92. The molecule has 0 aliphatic carbocycles. The minimum atomic E-state index is -0.843. The second-order valence-electron chi connectivity index (χ2n) is 4.12. The average Bonchev–Trinajstić information content (AvgIpc) is 2.35. The Labute approximate surface area is 131 Å². The van der Waals surface area contributed by atoms with E-state index in [-0.39, 0.29) is 6.42 Å². The largest absolute Gasteiger partial charge is 0.388 e. The van der Waals surface area contributed by atoms with Gasteiger partial charge in [-0.15, -0.1) is 0 Å². The first kappa shape index (κ1) is 14.9. The smallest absolute Gasteiger partial charge is 0.129 e. The van der Waals surface area contributed by atoms with E-state index in [4.69, 9.17) is 0 Å². The van der Waals surface area contributed by atoms with E-state index in [0.29, 0.717) is 11.1 Å². The van der Waals surface area contributed by atoms with Crippen LogP contribution in [0.2, 0.25) is 0 Å². The maximum absolute atomic E-state index is 13.5. The van der Waals surface area contributed by atoms with E-state index in [1.807, 2.05) is 18.2 Å². The summed E-state index contributed by atoms with van der Waals surface area (Å²) in [6.45, 7) is 0. The molecule has 2 aromatic rings. The lowest BCUT2D eigenvalue weighted by Crippen LogP contribution is -2.05. The molecule has 0 bridgehead atoms. The second kappa shape index (κ2) is 6.28. The normalized spacial score (nSPS) is 12.5. The molecule has 2 rings (SSSR count). The van der Waals surface area contributed by atoms with Gasteiger partial charge in [-0.05, 0) is 58.0 Å². The molecule has 5 heteroatoms. The van der Waals surface area contributed by atoms with Gasteiger partial charge in [-0.2, -0.15) is 0 Å². The van der Waals surface area contributed by atoms with Crippen LogP contribution in [0.4, 0.5) is 8.78 Å². The van der Waals surface area contributed by atoms with E-state index >= 15 is 0 Å². The van der Waals surface area contributed by atoms with Crippen LogP contribution in [0.1, 0.15) is 17.2 Å². The maximum atomic E-state index is 13.5. The van der Waals surface area contributed by atoms with Crippen molar-refractivity contribution in [3.63, 3.8) is 0 Å². The Morgan fingerprint density at radius 1 is 1.16 bits per heavy atom. The molecule has 1 nitrogen and oxygen atoms in total. The first-order valence-electron chi connectivity index (χ1n) is 5.54. The van der Waals surface area contributed by atoms with Crippen molar-refractivity contribution in [2.45, 2.75) is 12.5 Å². The van der Waals surface area contributed by atoms with Gasteiger partial charge in [0.1, 0.15) is 11.6 Å². The predicted octanol–water partition coefficient (Wildman–Crippen LogP) is 4.61. The third kappa shape index (κ3) is 3.73. The third-order valence-electron chi connectivity index (χ3n) is 2.75. The zero-order valence-corrected chi connectivity index (χ0v) is 13.5. The van der Waals surface area contributed by atoms with Crippen molar-refractivity contribution in [2.75, 3.05) is 0 Å². The van der Waals surface area contributed by atoms with Crippen molar-refractivity contribution in [3.8, 4) is 0 Å². The number of benzene rings is 2. The SMILES string of the molecule is OC(Cc1ccc(F)cc1F)c1cc(I)ccc1Br. The first-order chi connectivity index (χ1) is 8.97. The van der Waals surface area contributed by atoms with E-state index in [0.717, 1.165) is 14.1 Å². The van der Waals surface area contributed by atoms with E-state index in [2.05, 4.69) is 38.5 Å². The minimum Gasteiger partial charge on any atom is -0.388 e. The van der Waals surface area contributed by atoms with Crippen LogP contribution in [0.3, 0.4) is 0 Å². The average molecular weight is 439 g/mol. The lowest BCUT2D eigenvalue weighted by Gasteiger charge is -2.14. The predicted molar refractivity (Wildman–Crippen MR) is 81.9 cm³/mol. The number of hydrogen-bond acceptors (Lipinski definition) is 1. The summed E-state index contributed by atoms with van der Waals surface area (Å²) in [6.07, 6.45) is -0.741. The summed E-state index contributed by atoms with van der Waals surface area (Å²) in [5.41, 5.74) is 0.982. The Hall–Kier alpha value is -0.530. The molecule has 0 aromatic heterocycles. The number of aliphatic hydroxyl groups is 1. The summed E-state index contributed by atoms with van der Waals surface area (Å²) in [5, 5.41) is 10.2. The molecule has 0 aliphatic rings. The highest BCUT2D eigenvalue weighted by Crippen LogP contribution is 2.28. The summed E-state index contributed by atoms with van der Waals surface area (Å²) < 4.78 is 28.1. The zero-order valence-electron chi connectivity index (χ0n) is 9.71. The number of halogens is 4. The van der Waals surface area contributed by atoms with Gasteiger partial charge in [0.05, 0.1) is 6.10 Å². The van der Waals surface area contributed by atoms with Gasteiger partial charge in [0.25, 0.3) is 0 Å². The van der Waals surface area contributed by atoms with Gasteiger partial charge in [0.2, 0.25) is 0 Å². The molecule has 0 amide bonds. The van der Waals surface area contributed by atoms with Crippen molar-refractivity contribution in [1.82, 2.24) is 0 Å². The van der Waals surface area contributed by atoms with Crippen molar-refractivity contribution in [1.29, 1.82) is 0 Å². The van der Waals surface area contributed by atoms with Crippen LogP contribution in [0.5, 0.6) is 0 Å². The van der Waals surface area contributed by atoms with Gasteiger partial charge in [-0.3, -0.25) is 0 Å². The molecule has 0 spiro atoms. The summed E-state index contributed by atoms with van der Waals surface area (Å²) in [5.74, 6) is -1.26. The van der Waals surface area contributed by atoms with Crippen molar-refractivity contribution in [3.05, 3.63) is 67.2 Å². The summed E-state index contributed by atoms with van der Waals surface area (Å²) in [4.78, 5) is 0. The molecule has 0 fully saturated rings. The van der Waals surface area contributed by atoms with Crippen LogP contribution in [-0.4, -0.2) is 5.11 Å². The van der Waals surface area contributed by atoms with E-state index in [1.165, 1.54) is 12.1 Å². The fourth-order valence-electron chi connectivity index (χ4n) is 1.78. The van der Waals surface area contributed by atoms with Crippen molar-refractivity contribution >= 4 is 38.5 Å². The van der Waals surface area contributed by atoms with E-state index < -0.39 is 17.7 Å². The van der Waals surface area contributed by atoms with Gasteiger partial charge in [-0.1, -0.05) is 22.0 Å². The Morgan fingerprint density at radius 2 is 1.89 bits per heavy atom. The van der Waals surface area contributed by atoms with Crippen LogP contribution >= 0.6 is 38.5 Å². The summed E-state index contributed by atoms with van der Waals surface area (Å²) in [6, 6.07) is 8.94. The molecular formula is C14H10BrF2IO. The molecule has 1 unspecified atom stereocenters. The fraction of sp³-hybridized carbons (Fsp3) is 0.143. The molecule has 1 N–H and O–H groups in total. The standard InChI is InChI=1S/C14H10BrF2IO/c15-12-4-3-10(18)7-11(12)14(19)5-8-1-2-9(16)6-13(8)17/h1-4,6-7,14,19H,5H2. The Bertz CT molecular complexity index is 604. The van der Waals surface area contributed by atoms with Crippen LogP contribution in [0.15, 0.2) is 40.9 Å². The van der Waals surface area contributed by atoms with Crippen LogP contribution in [0, 0.1) is 15.2 Å². The molecule has 0 heterocycles. The lowest BCUT2D eigenvalue weighted by atomic mass is 10.0. The van der Waals surface area contributed by atoms with Gasteiger partial charge in [0, 0.05) is 20.5 Å². The number of hydrogen-bond donors (Lipinski definition) is 1. The maximum Gasteiger partial charge on any atom is 0.129 e. The summed E-state index contributed by atoms with van der Waals surface area (Å²) >= 11 is 5.50. The minimum absolute atomic E-state index is 0.102. The topological polar surface area (TPSA) is 20.2 Å². The fourth-order valence-corrected chi connectivity index (χ4v) is 2.80. The molecule has 0 saturated heterocycles. The lowest BCUT2D eigenvalue weighted by molar-refractivity contribution is 0.176. The number of aliphatic hydroxyl groups excluding tert-OH is 1. The zero-order chi connectivity index (χ0) is 14.0. The first-order valence-corrected chi connectivity index (χ1v) is 7.41. The molecule has 2 aromatic carbocycles. The van der Waals surface area contributed by atoms with Gasteiger partial charge in [-0.25, -0.2) is 8.78 Å². The van der Waals surface area contributed by atoms with Crippen molar-refractivity contribution in [2.24, 2.45) is 0 Å². The second-order valence-corrected chi connectivity index (χ2v) is 6.22. The third-order valence-corrected chi connectivity index (χ3v) is 4.14. The molecular weight excluding hydrogens is 429 g/mol. The van der Waals surface area contributed by atoms with Crippen molar-refractivity contribution < 1.29 is 13.9 Å². The molecule has 19 heavy (non-hydrogen) atoms. The summed E-state index contributed by atoms with van der Waals surface area (Å²) in [7, 11) is 0. The highest BCUT2D eigenvalue weighted by Gasteiger charge is 2.15. The highest BCUT2D eigenvalue weighted by atomic mass is 127. The molecule has 1 atom stereocenters. The van der Waals surface area contributed by atoms with E-state index in [9.17, 15) is 13.9 Å². The van der Waals surface area contributed by atoms with Gasteiger partial charge < -0.3 is 5.11 Å².